The molecular weight excluding hydrogens is 270 g/mol. The summed E-state index contributed by atoms with van der Waals surface area (Å²) >= 11 is 0. The van der Waals surface area contributed by atoms with Crippen LogP contribution in [0.15, 0.2) is 0 Å². The second-order valence-corrected chi connectivity index (χ2v) is 7.38. The fourth-order valence-electron chi connectivity index (χ4n) is 3.43. The van der Waals surface area contributed by atoms with Crippen molar-refractivity contribution < 1.29 is 22.9 Å². The number of aliphatic carboxylic acids is 1. The Kier molecular flexibility index (Phi) is 4.47. The zero-order valence-electron chi connectivity index (χ0n) is 10.8. The number of rotatable bonds is 4. The fourth-order valence-corrected chi connectivity index (χ4v) is 4.06. The van der Waals surface area contributed by atoms with Crippen molar-refractivity contribution >= 4 is 16.1 Å². The highest BCUT2D eigenvalue weighted by molar-refractivity contribution is 7.85. The smallest absolute Gasteiger partial charge is 0.320 e. The molecule has 0 spiro atoms. The van der Waals surface area contributed by atoms with Crippen LogP contribution in [0.3, 0.4) is 0 Å². The summed E-state index contributed by atoms with van der Waals surface area (Å²) < 4.78 is 30.3. The van der Waals surface area contributed by atoms with Crippen LogP contribution in [-0.2, 0) is 14.9 Å². The molecule has 0 amide bonds. The van der Waals surface area contributed by atoms with Crippen molar-refractivity contribution in [1.82, 2.24) is 5.32 Å². The lowest BCUT2D eigenvalue weighted by atomic mass is 9.69. The van der Waals surface area contributed by atoms with E-state index in [4.69, 9.17) is 9.66 Å². The third-order valence-corrected chi connectivity index (χ3v) is 5.25. The van der Waals surface area contributed by atoms with E-state index in [2.05, 4.69) is 5.32 Å². The minimum Gasteiger partial charge on any atom is -0.480 e. The van der Waals surface area contributed by atoms with Crippen molar-refractivity contribution in [1.29, 1.82) is 0 Å². The fraction of sp³-hybridized carbons (Fsp3) is 0.917. The lowest BCUT2D eigenvalue weighted by molar-refractivity contribution is -0.141. The molecule has 0 aromatic rings. The summed E-state index contributed by atoms with van der Waals surface area (Å²) in [5.41, 5.74) is 0. The molecule has 2 aliphatic rings. The molecular formula is C12H21NO5S. The second kappa shape index (κ2) is 5.76. The molecule has 1 saturated heterocycles. The molecule has 4 atom stereocenters. The molecule has 2 fully saturated rings. The Labute approximate surface area is 113 Å². The number of carbonyl (C=O) groups is 1. The molecule has 0 unspecified atom stereocenters. The minimum atomic E-state index is -3.88. The van der Waals surface area contributed by atoms with Crippen LogP contribution in [0.1, 0.15) is 32.1 Å². The standard InChI is InChI=1S/C12H21NO5S/c14-12(15)11-6-10-5-8(3-4-19(16,17)18)1-2-9(10)7-13-11/h8-11,13H,1-7H2,(H,14,15)(H,16,17,18)/t8-,9+,10-,11+/m1/s1. The number of carboxylic acids is 1. The van der Waals surface area contributed by atoms with Gasteiger partial charge in [-0.05, 0) is 50.0 Å². The van der Waals surface area contributed by atoms with Gasteiger partial charge >= 0.3 is 5.97 Å². The zero-order valence-corrected chi connectivity index (χ0v) is 11.6. The average molecular weight is 291 g/mol. The summed E-state index contributed by atoms with van der Waals surface area (Å²) in [4.78, 5) is 11.0. The number of carboxylic acid groups (broad SMARTS) is 1. The van der Waals surface area contributed by atoms with Crippen molar-refractivity contribution in [3.8, 4) is 0 Å². The molecule has 0 aromatic carbocycles. The van der Waals surface area contributed by atoms with Gasteiger partial charge in [0.15, 0.2) is 0 Å². The molecule has 1 aliphatic carbocycles. The van der Waals surface area contributed by atoms with E-state index in [-0.39, 0.29) is 11.7 Å². The first-order valence-electron chi connectivity index (χ1n) is 6.76. The highest BCUT2D eigenvalue weighted by atomic mass is 32.2. The van der Waals surface area contributed by atoms with E-state index in [0.717, 1.165) is 25.8 Å². The number of hydrogen-bond donors (Lipinski definition) is 3. The minimum absolute atomic E-state index is 0.185. The van der Waals surface area contributed by atoms with Gasteiger partial charge in [-0.3, -0.25) is 9.35 Å². The molecule has 1 aliphatic heterocycles. The normalized spacial score (nSPS) is 35.6. The summed E-state index contributed by atoms with van der Waals surface area (Å²) in [6, 6.07) is -0.471. The topological polar surface area (TPSA) is 104 Å². The molecule has 3 N–H and O–H groups in total. The highest BCUT2D eigenvalue weighted by Gasteiger charge is 2.37. The van der Waals surface area contributed by atoms with Crippen LogP contribution in [0.25, 0.3) is 0 Å². The second-order valence-electron chi connectivity index (χ2n) is 5.81. The molecule has 19 heavy (non-hydrogen) atoms. The van der Waals surface area contributed by atoms with Crippen LogP contribution in [0.5, 0.6) is 0 Å². The average Bonchev–Trinajstić information content (AvgIpc) is 2.34. The summed E-state index contributed by atoms with van der Waals surface area (Å²) in [5, 5.41) is 12.1. The van der Waals surface area contributed by atoms with Crippen LogP contribution >= 0.6 is 0 Å². The number of piperidine rings is 1. The first kappa shape index (κ1) is 14.7. The molecule has 0 aromatic heterocycles. The molecule has 1 heterocycles. The number of nitrogens with one attached hydrogen (secondary N) is 1. The molecule has 110 valence electrons. The van der Waals surface area contributed by atoms with E-state index in [1.54, 1.807) is 0 Å². The molecule has 6 nitrogen and oxygen atoms in total. The maximum Gasteiger partial charge on any atom is 0.320 e. The third kappa shape index (κ3) is 4.15. The maximum absolute atomic E-state index is 11.0. The van der Waals surface area contributed by atoms with Crippen molar-refractivity contribution in [2.24, 2.45) is 17.8 Å². The first-order valence-corrected chi connectivity index (χ1v) is 8.37. The van der Waals surface area contributed by atoms with Gasteiger partial charge in [0, 0.05) is 0 Å². The van der Waals surface area contributed by atoms with Gasteiger partial charge in [-0.2, -0.15) is 8.42 Å². The Morgan fingerprint density at radius 2 is 1.95 bits per heavy atom. The van der Waals surface area contributed by atoms with E-state index in [1.807, 2.05) is 0 Å². The van der Waals surface area contributed by atoms with Crippen LogP contribution in [-0.4, -0.2) is 42.4 Å². The Hall–Kier alpha value is -0.660. The monoisotopic (exact) mass is 291 g/mol. The molecule has 7 heteroatoms. The third-order valence-electron chi connectivity index (χ3n) is 4.50. The molecule has 1 saturated carbocycles. The predicted octanol–water partition coefficient (Wildman–Crippen LogP) is 0.743. The summed E-state index contributed by atoms with van der Waals surface area (Å²) in [5.74, 6) is 0.171. The largest absolute Gasteiger partial charge is 0.480 e. The lowest BCUT2D eigenvalue weighted by Gasteiger charge is -2.41. The summed E-state index contributed by atoms with van der Waals surface area (Å²) in [6.45, 7) is 0.743. The quantitative estimate of drug-likeness (QED) is 0.660. The Bertz CT molecular complexity index is 435. The van der Waals surface area contributed by atoms with Gasteiger partial charge in [-0.25, -0.2) is 0 Å². The van der Waals surface area contributed by atoms with Gasteiger partial charge in [0.2, 0.25) is 0 Å². The Morgan fingerprint density at radius 3 is 2.58 bits per heavy atom. The van der Waals surface area contributed by atoms with Crippen LogP contribution in [0.4, 0.5) is 0 Å². The molecule has 2 rings (SSSR count). The molecule has 0 bridgehead atoms. The van der Waals surface area contributed by atoms with E-state index in [9.17, 15) is 13.2 Å². The maximum atomic E-state index is 11.0. The van der Waals surface area contributed by atoms with Crippen molar-refractivity contribution in [2.45, 2.75) is 38.1 Å². The predicted molar refractivity (Wildman–Crippen MR) is 69.4 cm³/mol. The van der Waals surface area contributed by atoms with Gasteiger partial charge in [0.1, 0.15) is 6.04 Å². The van der Waals surface area contributed by atoms with Crippen molar-refractivity contribution in [2.75, 3.05) is 12.3 Å². The van der Waals surface area contributed by atoms with E-state index >= 15 is 0 Å². The summed E-state index contributed by atoms with van der Waals surface area (Å²) in [6.07, 6.45) is 3.97. The van der Waals surface area contributed by atoms with Gasteiger partial charge < -0.3 is 10.4 Å². The van der Waals surface area contributed by atoms with Crippen LogP contribution in [0.2, 0.25) is 0 Å². The van der Waals surface area contributed by atoms with Crippen molar-refractivity contribution in [3.05, 3.63) is 0 Å². The van der Waals surface area contributed by atoms with Crippen molar-refractivity contribution in [3.63, 3.8) is 0 Å². The number of fused-ring (bicyclic) bond motifs is 1. The SMILES string of the molecule is O=C(O)[C@@H]1C[C@H]2C[C@@H](CCS(=O)(=O)O)CC[C@H]2CN1. The van der Waals surface area contributed by atoms with E-state index in [0.29, 0.717) is 24.7 Å². The van der Waals surface area contributed by atoms with Gasteiger partial charge in [-0.15, -0.1) is 0 Å². The van der Waals surface area contributed by atoms with Crippen LogP contribution < -0.4 is 5.32 Å². The summed E-state index contributed by atoms with van der Waals surface area (Å²) in [7, 11) is -3.88. The molecule has 0 radical (unpaired) electrons. The zero-order chi connectivity index (χ0) is 14.0. The van der Waals surface area contributed by atoms with Crippen LogP contribution in [0, 0.1) is 17.8 Å². The number of hydrogen-bond acceptors (Lipinski definition) is 4. The van der Waals surface area contributed by atoms with Gasteiger partial charge in [0.25, 0.3) is 10.1 Å². The Morgan fingerprint density at radius 1 is 1.21 bits per heavy atom. The van der Waals surface area contributed by atoms with E-state index in [1.165, 1.54) is 0 Å². The van der Waals surface area contributed by atoms with Gasteiger partial charge in [-0.1, -0.05) is 6.42 Å². The first-order chi connectivity index (χ1) is 8.85. The van der Waals surface area contributed by atoms with E-state index < -0.39 is 22.1 Å². The highest BCUT2D eigenvalue weighted by Crippen LogP contribution is 2.39. The van der Waals surface area contributed by atoms with Gasteiger partial charge in [0.05, 0.1) is 5.75 Å². The lowest BCUT2D eigenvalue weighted by Crippen LogP contribution is -2.49. The Balaban J connectivity index is 1.87.